The Bertz CT molecular complexity index is 2320. The molecule has 14 nitrogen and oxygen atoms in total. The average Bonchev–Trinajstić information content (AvgIpc) is 3.37. The molecule has 1 aromatic heterocycles. The van der Waals surface area contributed by atoms with Gasteiger partial charge in [0.15, 0.2) is 0 Å². The molecule has 3 aromatic carbocycles. The number of benzene rings is 3. The molecule has 1 aliphatic heterocycles. The monoisotopic (exact) mass is 1080 g/mol. The molecule has 5 rings (SSSR count). The van der Waals surface area contributed by atoms with Gasteiger partial charge in [-0.1, -0.05) is 60.0 Å². The molecular weight excluding hydrogens is 1010 g/mol. The molecule has 404 valence electrons. The maximum Gasteiger partial charge on any atom is 0.511 e. The third-order valence-corrected chi connectivity index (χ3v) is 14.5. The molecule has 2 heterocycles. The normalized spacial score (nSPS) is 13.7. The molecule has 2 amide bonds. The molecule has 0 saturated carbocycles. The minimum absolute atomic E-state index is 0.0254. The van der Waals surface area contributed by atoms with Crippen molar-refractivity contribution >= 4 is 61.6 Å². The summed E-state index contributed by atoms with van der Waals surface area (Å²) in [6.07, 6.45) is 9.49. The Hall–Kier alpha value is -4.27. The van der Waals surface area contributed by atoms with Crippen molar-refractivity contribution in [2.24, 2.45) is 0 Å². The maximum absolute atomic E-state index is 13.4. The molecule has 0 unspecified atom stereocenters. The minimum atomic E-state index is -5.43. The Morgan fingerprint density at radius 3 is 1.68 bits per heavy atom. The minimum Gasteiger partial charge on any atom is -0.478 e. The largest absolute Gasteiger partial charge is 0.511 e. The van der Waals surface area contributed by atoms with Crippen LogP contribution in [0.2, 0.25) is 10.0 Å². The van der Waals surface area contributed by atoms with Crippen molar-refractivity contribution < 1.29 is 54.9 Å². The molecule has 0 spiro atoms. The van der Waals surface area contributed by atoms with Crippen molar-refractivity contribution in [1.29, 1.82) is 0 Å². The van der Waals surface area contributed by atoms with Gasteiger partial charge in [-0.15, -0.1) is 0 Å². The highest BCUT2D eigenvalue weighted by Gasteiger charge is 2.50. The van der Waals surface area contributed by atoms with Crippen LogP contribution in [-0.2, 0) is 38.6 Å². The van der Waals surface area contributed by atoms with Crippen LogP contribution in [0, 0.1) is 0 Å². The standard InChI is InChI=1S/C53H72Cl2F3N5O9S/c1-68-30-6-2-4-12-49(64)59-26-10-33-69-31-8-9-32-70-36-37-71-34-11-27-60-50(65)13-5-3-7-35-72-51-39-48(61-45-24-28-63(29-25-45)73(66,67)53(56,57)58)46-38-42(18-23-47(46)62-51)52(40-14-19-43(54)20-15-40)41-16-21-44(55)22-17-41/h14-23,38-39,45,52H,2-13,24-37H2,1H3,(H,59,64)(H,60,65)(H,61,62). The number of carbonyl (C=O) groups is 2. The van der Waals surface area contributed by atoms with Crippen LogP contribution in [0.5, 0.6) is 5.88 Å². The molecule has 73 heavy (non-hydrogen) atoms. The average molecular weight is 1080 g/mol. The number of sulfonamides is 1. The highest BCUT2D eigenvalue weighted by molar-refractivity contribution is 7.90. The van der Waals surface area contributed by atoms with E-state index in [4.69, 9.17) is 51.9 Å². The lowest BCUT2D eigenvalue weighted by atomic mass is 9.84. The first-order chi connectivity index (χ1) is 35.2. The van der Waals surface area contributed by atoms with Crippen LogP contribution in [0.4, 0.5) is 18.9 Å². The molecule has 1 aliphatic rings. The lowest BCUT2D eigenvalue weighted by molar-refractivity contribution is -0.122. The van der Waals surface area contributed by atoms with E-state index < -0.39 is 15.5 Å². The molecule has 0 bridgehead atoms. The van der Waals surface area contributed by atoms with Gasteiger partial charge in [0.2, 0.25) is 17.7 Å². The summed E-state index contributed by atoms with van der Waals surface area (Å²) in [5.74, 6) is 0.206. The van der Waals surface area contributed by atoms with Crippen LogP contribution >= 0.6 is 23.2 Å². The summed E-state index contributed by atoms with van der Waals surface area (Å²) in [5, 5.41) is 11.3. The van der Waals surface area contributed by atoms with Gasteiger partial charge in [0.25, 0.3) is 0 Å². The van der Waals surface area contributed by atoms with Crippen LogP contribution in [0.25, 0.3) is 10.9 Å². The molecule has 0 radical (unpaired) electrons. The van der Waals surface area contributed by atoms with Crippen molar-refractivity contribution in [2.75, 3.05) is 91.5 Å². The lowest BCUT2D eigenvalue weighted by Gasteiger charge is -2.32. The number of ether oxygens (including phenoxy) is 5. The Balaban J connectivity index is 0.990. The van der Waals surface area contributed by atoms with E-state index in [-0.39, 0.29) is 49.7 Å². The molecule has 20 heteroatoms. The summed E-state index contributed by atoms with van der Waals surface area (Å²) in [5.41, 5.74) is -1.16. The Kier molecular flexibility index (Phi) is 26.3. The first-order valence-electron chi connectivity index (χ1n) is 25.4. The van der Waals surface area contributed by atoms with Crippen LogP contribution < -0.4 is 20.7 Å². The topological polar surface area (TPSA) is 167 Å². The number of nitrogens with one attached hydrogen (secondary N) is 3. The van der Waals surface area contributed by atoms with Crippen LogP contribution in [-0.4, -0.2) is 127 Å². The first-order valence-corrected chi connectivity index (χ1v) is 27.6. The van der Waals surface area contributed by atoms with Gasteiger partial charge >= 0.3 is 15.5 Å². The van der Waals surface area contributed by atoms with Gasteiger partial charge in [-0.2, -0.15) is 17.5 Å². The summed E-state index contributed by atoms with van der Waals surface area (Å²) in [6.45, 7) is 5.08. The summed E-state index contributed by atoms with van der Waals surface area (Å²) < 4.78 is 92.9. The second kappa shape index (κ2) is 32.2. The van der Waals surface area contributed by atoms with Gasteiger partial charge in [0.05, 0.1) is 25.3 Å². The smallest absolute Gasteiger partial charge is 0.478 e. The lowest BCUT2D eigenvalue weighted by Crippen LogP contribution is -2.47. The fraction of sp³-hybridized carbons (Fsp3) is 0.566. The number of rotatable bonds is 35. The number of aromatic nitrogens is 1. The zero-order valence-electron chi connectivity index (χ0n) is 41.8. The van der Waals surface area contributed by atoms with Gasteiger partial charge in [0.1, 0.15) is 0 Å². The number of hydrogen-bond donors (Lipinski definition) is 3. The zero-order valence-corrected chi connectivity index (χ0v) is 44.2. The number of hydrogen-bond acceptors (Lipinski definition) is 11. The molecule has 1 fully saturated rings. The molecular formula is C53H72Cl2F3N5O9S. The molecule has 4 aromatic rings. The number of nitrogens with zero attached hydrogens (tertiary/aromatic N) is 2. The van der Waals surface area contributed by atoms with Crippen LogP contribution in [0.1, 0.15) is 112 Å². The van der Waals surface area contributed by atoms with Crippen molar-refractivity contribution in [1.82, 2.24) is 19.9 Å². The number of amides is 2. The maximum atomic E-state index is 13.4. The van der Waals surface area contributed by atoms with Gasteiger partial charge in [-0.25, -0.2) is 13.4 Å². The number of pyridine rings is 1. The van der Waals surface area contributed by atoms with Crippen LogP contribution in [0.3, 0.4) is 0 Å². The molecule has 1 saturated heterocycles. The van der Waals surface area contributed by atoms with Gasteiger partial charge in [0, 0.05) is 118 Å². The van der Waals surface area contributed by atoms with Crippen molar-refractivity contribution in [2.45, 2.75) is 107 Å². The van der Waals surface area contributed by atoms with E-state index in [1.54, 1.807) is 13.2 Å². The summed E-state index contributed by atoms with van der Waals surface area (Å²) in [6, 6.07) is 22.6. The quantitative estimate of drug-likeness (QED) is 0.0296. The second-order valence-corrected chi connectivity index (χ2v) is 20.8. The number of halogens is 5. The van der Waals surface area contributed by atoms with Gasteiger partial charge < -0.3 is 39.6 Å². The number of fused-ring (bicyclic) bond motifs is 1. The van der Waals surface area contributed by atoms with E-state index in [9.17, 15) is 31.2 Å². The summed E-state index contributed by atoms with van der Waals surface area (Å²) in [4.78, 5) is 29.1. The Morgan fingerprint density at radius 1 is 0.658 bits per heavy atom. The van der Waals surface area contributed by atoms with Crippen molar-refractivity contribution in [3.8, 4) is 5.88 Å². The third kappa shape index (κ3) is 21.1. The number of alkyl halides is 3. The summed E-state index contributed by atoms with van der Waals surface area (Å²) >= 11 is 12.5. The number of anilines is 1. The second-order valence-electron chi connectivity index (χ2n) is 18.0. The highest BCUT2D eigenvalue weighted by atomic mass is 35.5. The van der Waals surface area contributed by atoms with Gasteiger partial charge in [-0.05, 0) is 124 Å². The Labute approximate surface area is 438 Å². The van der Waals surface area contributed by atoms with E-state index in [1.165, 1.54) is 0 Å². The molecule has 0 aliphatic carbocycles. The van der Waals surface area contributed by atoms with E-state index in [1.807, 2.05) is 66.7 Å². The zero-order chi connectivity index (χ0) is 52.3. The van der Waals surface area contributed by atoms with Gasteiger partial charge in [-0.3, -0.25) is 9.59 Å². The fourth-order valence-electron chi connectivity index (χ4n) is 8.35. The molecule has 3 N–H and O–H groups in total. The predicted molar refractivity (Wildman–Crippen MR) is 280 cm³/mol. The molecule has 0 atom stereocenters. The summed E-state index contributed by atoms with van der Waals surface area (Å²) in [7, 11) is -3.75. The number of piperidine rings is 1. The SMILES string of the molecule is COCCCCCC(=O)NCCCOCCCCOCCOCCCNC(=O)CCCCCOc1cc(NC2CCN(S(=O)(=O)C(F)(F)F)CC2)c2cc(C(c3ccc(Cl)cc3)c3ccc(Cl)cc3)ccc2n1. The Morgan fingerprint density at radius 2 is 1.15 bits per heavy atom. The number of unbranched alkanes of at least 4 members (excludes halogenated alkanes) is 5. The van der Waals surface area contributed by atoms with E-state index in [0.717, 1.165) is 73.6 Å². The van der Waals surface area contributed by atoms with E-state index >= 15 is 0 Å². The third-order valence-electron chi connectivity index (χ3n) is 12.3. The number of methoxy groups -OCH3 is 1. The predicted octanol–water partition coefficient (Wildman–Crippen LogP) is 10.4. The van der Waals surface area contributed by atoms with Crippen LogP contribution in [0.15, 0.2) is 72.8 Å². The fourth-order valence-corrected chi connectivity index (χ4v) is 9.59. The van der Waals surface area contributed by atoms with Crippen molar-refractivity contribution in [3.63, 3.8) is 0 Å². The van der Waals surface area contributed by atoms with E-state index in [0.29, 0.717) is 123 Å². The van der Waals surface area contributed by atoms with Crippen molar-refractivity contribution in [3.05, 3.63) is 99.5 Å². The highest BCUT2D eigenvalue weighted by Crippen LogP contribution is 2.38. The van der Waals surface area contributed by atoms with E-state index in [2.05, 4.69) is 16.0 Å². The number of carbonyl (C=O) groups excluding carboxylic acids is 2. The first kappa shape index (κ1) is 59.6.